The lowest BCUT2D eigenvalue weighted by atomic mass is 10.0. The summed E-state index contributed by atoms with van der Waals surface area (Å²) in [6.45, 7) is 4.99. The Labute approximate surface area is 237 Å². The lowest BCUT2D eigenvalue weighted by molar-refractivity contribution is -0.152. The zero-order valence-electron chi connectivity index (χ0n) is 22.8. The first-order chi connectivity index (χ1) is 19.2. The number of amides is 3. The van der Waals surface area contributed by atoms with E-state index in [1.54, 1.807) is 11.4 Å². The van der Waals surface area contributed by atoms with E-state index in [9.17, 15) is 14.4 Å². The van der Waals surface area contributed by atoms with Crippen LogP contribution in [0, 0.1) is 11.3 Å². The van der Waals surface area contributed by atoms with E-state index in [1.807, 2.05) is 44.2 Å². The molecule has 1 aromatic heterocycles. The highest BCUT2D eigenvalue weighted by Crippen LogP contribution is 2.36. The highest BCUT2D eigenvalue weighted by Gasteiger charge is 2.52. The van der Waals surface area contributed by atoms with Gasteiger partial charge in [0.25, 0.3) is 0 Å². The number of nitrogens with two attached hydrogens (primary N) is 1. The standard InChI is InChI=1S/C28H37N5O6S/c1-18(2)25(22-13-19(16-40-22)26(29)30)32-27(36)21-14-28(38-11-12-39-28)17-33(21)24(35)15-31-23(34)9-6-10-37-20-7-4-3-5-8-20/h3-5,7-8,13,16,18,21,25H,6,9-12,14-15,17H2,1-2H3,(H3,29,30)(H,31,34)(H,32,36)/t21-,25+/m0/s1. The van der Waals surface area contributed by atoms with Gasteiger partial charge in [0.15, 0.2) is 5.79 Å². The second kappa shape index (κ2) is 13.2. The van der Waals surface area contributed by atoms with E-state index in [1.165, 1.54) is 16.2 Å². The molecule has 5 N–H and O–H groups in total. The minimum atomic E-state index is -1.03. The maximum Gasteiger partial charge on any atom is 0.243 e. The number of para-hydroxylation sites is 1. The van der Waals surface area contributed by atoms with Gasteiger partial charge in [-0.1, -0.05) is 32.0 Å². The first kappa shape index (κ1) is 29.5. The lowest BCUT2D eigenvalue weighted by Gasteiger charge is -2.27. The normalized spacial score (nSPS) is 18.6. The number of thiophene rings is 1. The zero-order chi connectivity index (χ0) is 28.7. The average Bonchev–Trinajstić information content (AvgIpc) is 3.69. The maximum atomic E-state index is 13.6. The van der Waals surface area contributed by atoms with Crippen molar-refractivity contribution in [1.82, 2.24) is 15.5 Å². The average molecular weight is 572 g/mol. The van der Waals surface area contributed by atoms with Crippen LogP contribution in [0.3, 0.4) is 0 Å². The van der Waals surface area contributed by atoms with Crippen molar-refractivity contribution >= 4 is 34.9 Å². The van der Waals surface area contributed by atoms with Crippen molar-refractivity contribution in [3.8, 4) is 5.75 Å². The molecule has 2 atom stereocenters. The molecule has 2 fully saturated rings. The quantitative estimate of drug-likeness (QED) is 0.173. The van der Waals surface area contributed by atoms with E-state index < -0.39 is 11.8 Å². The number of amidine groups is 1. The van der Waals surface area contributed by atoms with Crippen molar-refractivity contribution in [1.29, 1.82) is 5.41 Å². The highest BCUT2D eigenvalue weighted by molar-refractivity contribution is 7.10. The fraction of sp³-hybridized carbons (Fsp3) is 0.500. The number of hydrogen-bond donors (Lipinski definition) is 4. The van der Waals surface area contributed by atoms with Crippen molar-refractivity contribution in [3.63, 3.8) is 0 Å². The SMILES string of the molecule is CC(C)[C@@H](NC(=O)[C@@H]1CC2(CN1C(=O)CNC(=O)CCCOc1ccccc1)OCCO2)c1cc(C(=N)N)cs1. The fourth-order valence-electron chi connectivity index (χ4n) is 4.82. The molecule has 3 heterocycles. The van der Waals surface area contributed by atoms with E-state index >= 15 is 0 Å². The largest absolute Gasteiger partial charge is 0.494 e. The molecular weight excluding hydrogens is 534 g/mol. The molecule has 3 amide bonds. The van der Waals surface area contributed by atoms with Gasteiger partial charge in [-0.25, -0.2) is 0 Å². The van der Waals surface area contributed by atoms with Gasteiger partial charge < -0.3 is 35.5 Å². The Morgan fingerprint density at radius 1 is 1.23 bits per heavy atom. The molecular formula is C28H37N5O6S. The Balaban J connectivity index is 1.34. The zero-order valence-corrected chi connectivity index (χ0v) is 23.6. The first-order valence-electron chi connectivity index (χ1n) is 13.4. The smallest absolute Gasteiger partial charge is 0.243 e. The van der Waals surface area contributed by atoms with Gasteiger partial charge in [-0.2, -0.15) is 0 Å². The summed E-state index contributed by atoms with van der Waals surface area (Å²) in [6, 6.07) is 9.99. The molecule has 0 saturated carbocycles. The van der Waals surface area contributed by atoms with E-state index in [2.05, 4.69) is 10.6 Å². The summed E-state index contributed by atoms with van der Waals surface area (Å²) in [5.74, 6) is -1.27. The van der Waals surface area contributed by atoms with Gasteiger partial charge in [0.05, 0.1) is 39.0 Å². The number of nitrogens with zero attached hydrogens (tertiary/aromatic N) is 1. The number of hydrogen-bond acceptors (Lipinski definition) is 8. The second-order valence-electron chi connectivity index (χ2n) is 10.3. The van der Waals surface area contributed by atoms with E-state index in [0.717, 1.165) is 10.6 Å². The first-order valence-corrected chi connectivity index (χ1v) is 14.3. The number of benzene rings is 1. The molecule has 0 aliphatic carbocycles. The molecule has 2 aliphatic rings. The molecule has 0 radical (unpaired) electrons. The molecule has 0 unspecified atom stereocenters. The van der Waals surface area contributed by atoms with Crippen LogP contribution < -0.4 is 21.1 Å². The Bertz CT molecular complexity index is 1200. The molecule has 216 valence electrons. The molecule has 1 aromatic carbocycles. The van der Waals surface area contributed by atoms with Crippen molar-refractivity contribution in [2.45, 2.75) is 51.0 Å². The minimum absolute atomic E-state index is 0.0351. The highest BCUT2D eigenvalue weighted by atomic mass is 32.1. The number of rotatable bonds is 12. The Morgan fingerprint density at radius 3 is 2.60 bits per heavy atom. The van der Waals surface area contributed by atoms with Gasteiger partial charge in [0, 0.05) is 28.7 Å². The molecule has 40 heavy (non-hydrogen) atoms. The summed E-state index contributed by atoms with van der Waals surface area (Å²) < 4.78 is 17.3. The van der Waals surface area contributed by atoms with Crippen molar-refractivity contribution in [3.05, 3.63) is 52.2 Å². The van der Waals surface area contributed by atoms with Crippen LogP contribution in [0.2, 0.25) is 0 Å². The summed E-state index contributed by atoms with van der Waals surface area (Å²) in [6.07, 6.45) is 0.904. The van der Waals surface area contributed by atoms with Crippen molar-refractivity contribution < 1.29 is 28.6 Å². The van der Waals surface area contributed by atoms with E-state index in [4.69, 9.17) is 25.4 Å². The summed E-state index contributed by atoms with van der Waals surface area (Å²) >= 11 is 1.42. The molecule has 11 nitrogen and oxygen atoms in total. The van der Waals surface area contributed by atoms with E-state index in [0.29, 0.717) is 31.8 Å². The molecule has 1 spiro atoms. The van der Waals surface area contributed by atoms with Gasteiger partial charge in [-0.15, -0.1) is 11.3 Å². The number of carbonyl (C=O) groups is 3. The third-order valence-electron chi connectivity index (χ3n) is 6.93. The molecule has 4 rings (SSSR count). The number of nitrogen functional groups attached to an aromatic ring is 1. The molecule has 12 heteroatoms. The van der Waals surface area contributed by atoms with Gasteiger partial charge in [0.2, 0.25) is 17.7 Å². The van der Waals surface area contributed by atoms with Gasteiger partial charge in [-0.3, -0.25) is 19.8 Å². The van der Waals surface area contributed by atoms with E-state index in [-0.39, 0.29) is 61.4 Å². The van der Waals surface area contributed by atoms with Crippen molar-refractivity contribution in [2.75, 3.05) is 32.9 Å². The number of ether oxygens (including phenoxy) is 3. The molecule has 2 aliphatic heterocycles. The topological polar surface area (TPSA) is 156 Å². The lowest BCUT2D eigenvalue weighted by Crippen LogP contribution is -2.50. The summed E-state index contributed by atoms with van der Waals surface area (Å²) in [5.41, 5.74) is 6.23. The van der Waals surface area contributed by atoms with Crippen LogP contribution in [0.15, 0.2) is 41.8 Å². The Hall–Kier alpha value is -3.48. The molecule has 0 bridgehead atoms. The molecule has 2 aromatic rings. The number of carbonyl (C=O) groups excluding carboxylic acids is 3. The number of likely N-dealkylation sites (tertiary alicyclic amines) is 1. The third-order valence-corrected chi connectivity index (χ3v) is 7.94. The summed E-state index contributed by atoms with van der Waals surface area (Å²) in [7, 11) is 0. The monoisotopic (exact) mass is 571 g/mol. The van der Waals surface area contributed by atoms with Gasteiger partial charge in [-0.05, 0) is 30.5 Å². The number of nitrogens with one attached hydrogen (secondary N) is 3. The summed E-state index contributed by atoms with van der Waals surface area (Å²) in [5, 5.41) is 15.2. The Kier molecular flexibility index (Phi) is 9.77. The van der Waals surface area contributed by atoms with Crippen LogP contribution in [0.5, 0.6) is 5.75 Å². The van der Waals surface area contributed by atoms with Gasteiger partial charge >= 0.3 is 0 Å². The third kappa shape index (κ3) is 7.38. The predicted molar refractivity (Wildman–Crippen MR) is 150 cm³/mol. The molecule has 2 saturated heterocycles. The van der Waals surface area contributed by atoms with Crippen molar-refractivity contribution in [2.24, 2.45) is 11.7 Å². The minimum Gasteiger partial charge on any atom is -0.494 e. The second-order valence-corrected chi connectivity index (χ2v) is 11.2. The van der Waals surface area contributed by atoms with Crippen LogP contribution >= 0.6 is 11.3 Å². The maximum absolute atomic E-state index is 13.6. The van der Waals surface area contributed by atoms with Crippen LogP contribution in [0.1, 0.15) is 49.6 Å². The van der Waals surface area contributed by atoms with Crippen LogP contribution in [-0.4, -0.2) is 73.2 Å². The van der Waals surface area contributed by atoms with Gasteiger partial charge in [0.1, 0.15) is 17.6 Å². The predicted octanol–water partition coefficient (Wildman–Crippen LogP) is 2.16. The Morgan fingerprint density at radius 2 is 1.95 bits per heavy atom. The fourth-order valence-corrected chi connectivity index (χ4v) is 5.95. The summed E-state index contributed by atoms with van der Waals surface area (Å²) in [4.78, 5) is 41.5. The van der Waals surface area contributed by atoms with Crippen LogP contribution in [-0.2, 0) is 23.9 Å². The van der Waals surface area contributed by atoms with Crippen LogP contribution in [0.4, 0.5) is 0 Å². The van der Waals surface area contributed by atoms with Crippen LogP contribution in [0.25, 0.3) is 0 Å².